The summed E-state index contributed by atoms with van der Waals surface area (Å²) in [6.45, 7) is 0. The molecule has 0 fully saturated rings. The molecule has 0 radical (unpaired) electrons. The van der Waals surface area contributed by atoms with E-state index in [9.17, 15) is 30.7 Å². The predicted molar refractivity (Wildman–Crippen MR) is 89.2 cm³/mol. The van der Waals surface area contributed by atoms with Crippen LogP contribution in [0.4, 0.5) is 0 Å². The van der Waals surface area contributed by atoms with Crippen molar-refractivity contribution >= 4 is 37.4 Å². The summed E-state index contributed by atoms with van der Waals surface area (Å²) in [7, 11) is -9.50. The fourth-order valence-corrected chi connectivity index (χ4v) is 3.61. The summed E-state index contributed by atoms with van der Waals surface area (Å²) < 4.78 is 64.8. The van der Waals surface area contributed by atoms with E-state index in [1.165, 1.54) is 0 Å². The molecule has 26 heavy (non-hydrogen) atoms. The Morgan fingerprint density at radius 2 is 1.46 bits per heavy atom. The van der Waals surface area contributed by atoms with Crippen molar-refractivity contribution in [1.82, 2.24) is 0 Å². The lowest BCUT2D eigenvalue weighted by Gasteiger charge is -2.10. The van der Waals surface area contributed by atoms with Crippen molar-refractivity contribution < 1.29 is 30.7 Å². The summed E-state index contributed by atoms with van der Waals surface area (Å²) in [6, 6.07) is 10.5. The second-order valence-corrected chi connectivity index (χ2v) is 8.01. The highest BCUT2D eigenvalue weighted by Gasteiger charge is 2.30. The van der Waals surface area contributed by atoms with Crippen LogP contribution in [0.1, 0.15) is 11.1 Å². The summed E-state index contributed by atoms with van der Waals surface area (Å²) in [6.07, 6.45) is 0. The van der Waals surface area contributed by atoms with Gasteiger partial charge in [0.2, 0.25) is 0 Å². The van der Waals surface area contributed by atoms with Gasteiger partial charge in [0.25, 0.3) is 26.1 Å². The molecule has 1 amide bonds. The van der Waals surface area contributed by atoms with Gasteiger partial charge in [-0.05, 0) is 18.2 Å². The summed E-state index contributed by atoms with van der Waals surface area (Å²) in [5, 5.41) is 7.12. The molecule has 3 rings (SSSR count). The van der Waals surface area contributed by atoms with Crippen molar-refractivity contribution in [3.63, 3.8) is 0 Å². The Bertz CT molecular complexity index is 1180. The van der Waals surface area contributed by atoms with Crippen LogP contribution in [0.15, 0.2) is 68.6 Å². The van der Waals surface area contributed by atoms with E-state index >= 15 is 0 Å². The molecule has 9 nitrogen and oxygen atoms in total. The number of hydrogen-bond acceptors (Lipinski definition) is 6. The number of hydrogen-bond donors (Lipinski definition) is 2. The van der Waals surface area contributed by atoms with Crippen molar-refractivity contribution in [2.45, 2.75) is 9.79 Å². The lowest BCUT2D eigenvalue weighted by molar-refractivity contribution is -0.112. The van der Waals surface area contributed by atoms with E-state index in [0.29, 0.717) is 5.56 Å². The topological polar surface area (TPSA) is 151 Å². The molecule has 0 aromatic heterocycles. The van der Waals surface area contributed by atoms with Gasteiger partial charge < -0.3 is 0 Å². The maximum absolute atomic E-state index is 12.2. The smallest absolute Gasteiger partial charge is 0.282 e. The molecular weight excluding hydrogens is 384 g/mol. The van der Waals surface area contributed by atoms with Gasteiger partial charge in [0, 0.05) is 11.1 Å². The summed E-state index contributed by atoms with van der Waals surface area (Å²) >= 11 is 0. The van der Waals surface area contributed by atoms with Crippen LogP contribution in [0.5, 0.6) is 0 Å². The highest BCUT2D eigenvalue weighted by atomic mass is 32.2. The third-order valence-electron chi connectivity index (χ3n) is 3.53. The van der Waals surface area contributed by atoms with Crippen LogP contribution in [-0.4, -0.2) is 31.8 Å². The molecule has 0 spiro atoms. The van der Waals surface area contributed by atoms with Crippen molar-refractivity contribution in [3.8, 4) is 0 Å². The lowest BCUT2D eigenvalue weighted by atomic mass is 10.00. The number of nitrogens with zero attached hydrogens (tertiary/aromatic N) is 2. The van der Waals surface area contributed by atoms with Crippen LogP contribution < -0.4 is 0 Å². The van der Waals surface area contributed by atoms with Crippen molar-refractivity contribution in [1.29, 1.82) is 0 Å². The molecule has 2 N–H and O–H groups in total. The van der Waals surface area contributed by atoms with Crippen LogP contribution in [0.2, 0.25) is 0 Å². The molecular formula is C15H10N2O7S2. The van der Waals surface area contributed by atoms with Gasteiger partial charge >= 0.3 is 0 Å². The Labute approximate surface area is 148 Å². The molecule has 2 aromatic carbocycles. The van der Waals surface area contributed by atoms with Crippen LogP contribution in [0.3, 0.4) is 0 Å². The Morgan fingerprint density at radius 3 is 2.04 bits per heavy atom. The minimum Gasteiger partial charge on any atom is -0.282 e. The monoisotopic (exact) mass is 394 g/mol. The molecule has 1 heterocycles. The third kappa shape index (κ3) is 3.32. The molecule has 2 aromatic rings. The van der Waals surface area contributed by atoms with Gasteiger partial charge in [0.05, 0.1) is 10.5 Å². The number of benzene rings is 2. The zero-order valence-electron chi connectivity index (χ0n) is 12.8. The summed E-state index contributed by atoms with van der Waals surface area (Å²) in [4.78, 5) is 10.8. The Balaban J connectivity index is 2.38. The minimum absolute atomic E-state index is 0.00740. The van der Waals surface area contributed by atoms with Gasteiger partial charge in [-0.1, -0.05) is 30.3 Å². The quantitative estimate of drug-likeness (QED) is 0.753. The highest BCUT2D eigenvalue weighted by Crippen LogP contribution is 2.37. The van der Waals surface area contributed by atoms with Crippen LogP contribution in [0.25, 0.3) is 11.3 Å². The SMILES string of the molecule is O=C1N=NC(c2ccccc2)=C1c1cc(S(=O)(=O)O)ccc1S(=O)(=O)O. The van der Waals surface area contributed by atoms with Crippen LogP contribution in [-0.2, 0) is 25.0 Å². The third-order valence-corrected chi connectivity index (χ3v) is 5.30. The van der Waals surface area contributed by atoms with E-state index < -0.39 is 41.5 Å². The van der Waals surface area contributed by atoms with E-state index in [4.69, 9.17) is 0 Å². The second kappa shape index (κ2) is 6.21. The fraction of sp³-hybridized carbons (Fsp3) is 0. The molecule has 11 heteroatoms. The predicted octanol–water partition coefficient (Wildman–Crippen LogP) is 2.04. The van der Waals surface area contributed by atoms with Gasteiger partial charge in [0.1, 0.15) is 10.6 Å². The molecule has 134 valence electrons. The van der Waals surface area contributed by atoms with Crippen molar-refractivity contribution in [2.24, 2.45) is 10.2 Å². The zero-order chi connectivity index (χ0) is 19.1. The van der Waals surface area contributed by atoms with E-state index in [-0.39, 0.29) is 11.3 Å². The van der Waals surface area contributed by atoms with Crippen molar-refractivity contribution in [3.05, 3.63) is 59.7 Å². The van der Waals surface area contributed by atoms with Crippen molar-refractivity contribution in [2.75, 3.05) is 0 Å². The van der Waals surface area contributed by atoms with Gasteiger partial charge in [-0.2, -0.15) is 16.8 Å². The summed E-state index contributed by atoms with van der Waals surface area (Å²) in [5.74, 6) is -0.916. The van der Waals surface area contributed by atoms with Crippen LogP contribution in [0, 0.1) is 0 Å². The number of carbonyl (C=O) groups is 1. The number of carbonyl (C=O) groups excluding carboxylic acids is 1. The lowest BCUT2D eigenvalue weighted by Crippen LogP contribution is -2.08. The first kappa shape index (κ1) is 18.1. The first-order valence-corrected chi connectivity index (χ1v) is 9.82. The van der Waals surface area contributed by atoms with Gasteiger partial charge in [-0.15, -0.1) is 10.2 Å². The minimum atomic E-state index is -4.81. The first-order chi connectivity index (χ1) is 12.1. The number of rotatable bonds is 4. The number of amides is 1. The number of azo groups is 1. The van der Waals surface area contributed by atoms with Crippen LogP contribution >= 0.6 is 0 Å². The molecule has 0 unspecified atom stereocenters. The fourth-order valence-electron chi connectivity index (χ4n) is 2.43. The van der Waals surface area contributed by atoms with E-state index in [2.05, 4.69) is 10.2 Å². The standard InChI is InChI=1S/C15H10N2O7S2/c18-15-13(14(16-17-15)9-4-2-1-3-5-9)11-8-10(25(19,20)21)6-7-12(11)26(22,23)24/h1-8H,(H,19,20,21)(H,22,23,24). The van der Waals surface area contributed by atoms with E-state index in [1.807, 2.05) is 0 Å². The molecule has 0 bridgehead atoms. The second-order valence-electron chi connectivity index (χ2n) is 5.20. The summed E-state index contributed by atoms with van der Waals surface area (Å²) in [5.41, 5.74) is -0.311. The Hall–Kier alpha value is -2.73. The average Bonchev–Trinajstić information content (AvgIpc) is 2.95. The highest BCUT2D eigenvalue weighted by molar-refractivity contribution is 7.86. The van der Waals surface area contributed by atoms with E-state index in [0.717, 1.165) is 18.2 Å². The molecule has 0 aliphatic carbocycles. The largest absolute Gasteiger partial charge is 0.298 e. The Morgan fingerprint density at radius 1 is 0.808 bits per heavy atom. The molecule has 1 aliphatic rings. The first-order valence-electron chi connectivity index (χ1n) is 6.94. The van der Waals surface area contributed by atoms with Gasteiger partial charge in [0.15, 0.2) is 0 Å². The maximum Gasteiger partial charge on any atom is 0.298 e. The molecule has 1 aliphatic heterocycles. The van der Waals surface area contributed by atoms with E-state index in [1.54, 1.807) is 30.3 Å². The Kier molecular flexibility index (Phi) is 4.32. The average molecular weight is 394 g/mol. The molecule has 0 saturated heterocycles. The van der Waals surface area contributed by atoms with Gasteiger partial charge in [-0.25, -0.2) is 0 Å². The van der Waals surface area contributed by atoms with Gasteiger partial charge in [-0.3, -0.25) is 13.9 Å². The molecule has 0 saturated carbocycles. The zero-order valence-corrected chi connectivity index (χ0v) is 14.4. The maximum atomic E-state index is 12.2. The normalized spacial score (nSPS) is 14.9. The molecule has 0 atom stereocenters.